The van der Waals surface area contributed by atoms with Crippen LogP contribution in [0.3, 0.4) is 0 Å². The van der Waals surface area contributed by atoms with E-state index in [1.54, 1.807) is 35.2 Å². The van der Waals surface area contributed by atoms with Gasteiger partial charge in [-0.25, -0.2) is 9.48 Å². The zero-order valence-corrected chi connectivity index (χ0v) is 13.3. The van der Waals surface area contributed by atoms with E-state index in [9.17, 15) is 14.9 Å². The molecule has 3 aromatic rings. The number of non-ortho nitro benzene ring substituents is 1. The molecule has 126 valence electrons. The summed E-state index contributed by atoms with van der Waals surface area (Å²) in [5.74, 6) is 0.589. The molecule has 1 aliphatic rings. The molecule has 0 spiro atoms. The highest BCUT2D eigenvalue weighted by Crippen LogP contribution is 2.36. The molecule has 0 bridgehead atoms. The molecule has 8 heteroatoms. The first-order valence-electron chi connectivity index (χ1n) is 7.96. The monoisotopic (exact) mass is 337 g/mol. The summed E-state index contributed by atoms with van der Waals surface area (Å²) < 4.78 is 3.06. The molecule has 1 fully saturated rings. The van der Waals surface area contributed by atoms with Crippen LogP contribution in [0.25, 0.3) is 11.4 Å². The molecule has 1 saturated carbocycles. The summed E-state index contributed by atoms with van der Waals surface area (Å²) >= 11 is 0. The Hall–Kier alpha value is -3.29. The highest BCUT2D eigenvalue weighted by atomic mass is 16.6. The van der Waals surface area contributed by atoms with E-state index in [4.69, 9.17) is 0 Å². The van der Waals surface area contributed by atoms with Crippen LogP contribution < -0.4 is 5.69 Å². The van der Waals surface area contributed by atoms with Crippen molar-refractivity contribution in [1.29, 1.82) is 0 Å². The van der Waals surface area contributed by atoms with Crippen LogP contribution in [0, 0.1) is 10.1 Å². The van der Waals surface area contributed by atoms with E-state index in [0.717, 1.165) is 18.4 Å². The fourth-order valence-electron chi connectivity index (χ4n) is 2.82. The molecule has 0 N–H and O–H groups in total. The lowest BCUT2D eigenvalue weighted by atomic mass is 10.2. The van der Waals surface area contributed by atoms with E-state index in [-0.39, 0.29) is 24.0 Å². The van der Waals surface area contributed by atoms with Gasteiger partial charge in [-0.15, -0.1) is 5.10 Å². The second-order valence-corrected chi connectivity index (χ2v) is 6.03. The van der Waals surface area contributed by atoms with Crippen LogP contribution in [0.5, 0.6) is 0 Å². The summed E-state index contributed by atoms with van der Waals surface area (Å²) in [6.07, 6.45) is 5.26. The first-order valence-corrected chi connectivity index (χ1v) is 7.96. The number of hydrogen-bond acceptors (Lipinski definition) is 5. The summed E-state index contributed by atoms with van der Waals surface area (Å²) in [6.45, 7) is 0.188. The van der Waals surface area contributed by atoms with E-state index in [2.05, 4.69) is 10.1 Å². The maximum Gasteiger partial charge on any atom is 0.346 e. The van der Waals surface area contributed by atoms with Gasteiger partial charge >= 0.3 is 5.69 Å². The zero-order chi connectivity index (χ0) is 17.4. The van der Waals surface area contributed by atoms with Crippen LogP contribution in [0.1, 0.15) is 24.4 Å². The second kappa shape index (κ2) is 5.97. The van der Waals surface area contributed by atoms with Crippen LogP contribution >= 0.6 is 0 Å². The summed E-state index contributed by atoms with van der Waals surface area (Å²) in [7, 11) is 0. The Morgan fingerprint density at radius 1 is 1.24 bits per heavy atom. The molecule has 8 nitrogen and oxygen atoms in total. The number of benzene rings is 1. The molecule has 2 heterocycles. The Morgan fingerprint density at radius 2 is 2.08 bits per heavy atom. The summed E-state index contributed by atoms with van der Waals surface area (Å²) in [5.41, 5.74) is 1.24. The number of pyridine rings is 1. The standard InChI is InChI=1S/C17H15N5O3/c23-17-20(11-12-3-1-5-15(9-12)22(24)25)19-16(21(17)14-6-7-14)13-4-2-8-18-10-13/h1-5,8-10,14H,6-7,11H2. The minimum absolute atomic E-state index is 0.000317. The zero-order valence-electron chi connectivity index (χ0n) is 13.3. The molecule has 0 unspecified atom stereocenters. The Balaban J connectivity index is 1.75. The van der Waals surface area contributed by atoms with E-state index >= 15 is 0 Å². The molecule has 1 aliphatic carbocycles. The fourth-order valence-corrected chi connectivity index (χ4v) is 2.82. The molecule has 25 heavy (non-hydrogen) atoms. The topological polar surface area (TPSA) is 95.8 Å². The predicted octanol–water partition coefficient (Wildman–Crippen LogP) is 2.40. The Kier molecular flexibility index (Phi) is 3.64. The van der Waals surface area contributed by atoms with Crippen LogP contribution in [-0.2, 0) is 6.54 Å². The quantitative estimate of drug-likeness (QED) is 0.526. The highest BCUT2D eigenvalue weighted by molar-refractivity contribution is 5.53. The van der Waals surface area contributed by atoms with Crippen molar-refractivity contribution in [3.8, 4) is 11.4 Å². The third-order valence-corrected chi connectivity index (χ3v) is 4.16. The molecular formula is C17H15N5O3. The lowest BCUT2D eigenvalue weighted by Gasteiger charge is -2.02. The lowest BCUT2D eigenvalue weighted by Crippen LogP contribution is -2.25. The average molecular weight is 337 g/mol. The van der Waals surface area contributed by atoms with Gasteiger partial charge in [0.2, 0.25) is 0 Å². The van der Waals surface area contributed by atoms with Crippen LogP contribution in [0.2, 0.25) is 0 Å². The number of aromatic nitrogens is 4. The van der Waals surface area contributed by atoms with Crippen molar-refractivity contribution in [2.75, 3.05) is 0 Å². The minimum atomic E-state index is -0.448. The molecule has 4 rings (SSSR count). The minimum Gasteiger partial charge on any atom is -0.272 e. The van der Waals surface area contributed by atoms with E-state index in [1.807, 2.05) is 6.07 Å². The maximum atomic E-state index is 12.8. The number of nitrogens with zero attached hydrogens (tertiary/aromatic N) is 5. The van der Waals surface area contributed by atoms with Crippen molar-refractivity contribution in [1.82, 2.24) is 19.3 Å². The smallest absolute Gasteiger partial charge is 0.272 e. The first-order chi connectivity index (χ1) is 12.1. The lowest BCUT2D eigenvalue weighted by molar-refractivity contribution is -0.384. The van der Waals surface area contributed by atoms with Gasteiger partial charge in [0.05, 0.1) is 11.5 Å². The van der Waals surface area contributed by atoms with Gasteiger partial charge in [0.25, 0.3) is 5.69 Å². The molecule has 0 amide bonds. The summed E-state index contributed by atoms with van der Waals surface area (Å²) in [4.78, 5) is 27.3. The first kappa shape index (κ1) is 15.3. The largest absolute Gasteiger partial charge is 0.346 e. The normalized spacial score (nSPS) is 13.8. The average Bonchev–Trinajstić information content (AvgIpc) is 3.41. The van der Waals surface area contributed by atoms with Gasteiger partial charge in [0.15, 0.2) is 5.82 Å². The third kappa shape index (κ3) is 2.93. The Bertz CT molecular complexity index is 989. The van der Waals surface area contributed by atoms with Gasteiger partial charge in [-0.3, -0.25) is 19.7 Å². The van der Waals surface area contributed by atoms with Crippen LogP contribution in [0.15, 0.2) is 53.6 Å². The molecule has 0 aliphatic heterocycles. The van der Waals surface area contributed by atoms with Gasteiger partial charge in [0.1, 0.15) is 0 Å². The van der Waals surface area contributed by atoms with Gasteiger partial charge < -0.3 is 0 Å². The van der Waals surface area contributed by atoms with Crippen molar-refractivity contribution in [2.45, 2.75) is 25.4 Å². The van der Waals surface area contributed by atoms with Crippen LogP contribution in [-0.4, -0.2) is 24.3 Å². The predicted molar refractivity (Wildman–Crippen MR) is 90.2 cm³/mol. The van der Waals surface area contributed by atoms with Gasteiger partial charge in [-0.2, -0.15) is 0 Å². The molecule has 0 radical (unpaired) electrons. The second-order valence-electron chi connectivity index (χ2n) is 6.03. The SMILES string of the molecule is O=c1n(Cc2cccc([N+](=O)[O-])c2)nc(-c2cccnc2)n1C1CC1. The number of hydrogen-bond donors (Lipinski definition) is 0. The number of rotatable bonds is 5. The molecule has 2 aromatic heterocycles. The van der Waals surface area contributed by atoms with Crippen molar-refractivity contribution < 1.29 is 4.92 Å². The van der Waals surface area contributed by atoms with Gasteiger partial charge in [0, 0.05) is 36.1 Å². The van der Waals surface area contributed by atoms with Crippen molar-refractivity contribution in [2.24, 2.45) is 0 Å². The highest BCUT2D eigenvalue weighted by Gasteiger charge is 2.30. The van der Waals surface area contributed by atoms with E-state index in [0.29, 0.717) is 11.4 Å². The Labute approximate surface area is 142 Å². The maximum absolute atomic E-state index is 12.8. The molecule has 0 atom stereocenters. The number of nitro groups is 1. The number of nitro benzene ring substituents is 1. The van der Waals surface area contributed by atoms with Crippen molar-refractivity contribution >= 4 is 5.69 Å². The third-order valence-electron chi connectivity index (χ3n) is 4.16. The molecule has 0 saturated heterocycles. The van der Waals surface area contributed by atoms with Crippen molar-refractivity contribution in [3.63, 3.8) is 0 Å². The van der Waals surface area contributed by atoms with E-state index in [1.165, 1.54) is 16.8 Å². The molecular weight excluding hydrogens is 322 g/mol. The van der Waals surface area contributed by atoms with Crippen LogP contribution in [0.4, 0.5) is 5.69 Å². The van der Waals surface area contributed by atoms with Gasteiger partial charge in [-0.1, -0.05) is 12.1 Å². The summed E-state index contributed by atoms with van der Waals surface area (Å²) in [6, 6.07) is 10.1. The fraction of sp³-hybridized carbons (Fsp3) is 0.235. The summed E-state index contributed by atoms with van der Waals surface area (Å²) in [5, 5.41) is 15.4. The Morgan fingerprint density at radius 3 is 2.76 bits per heavy atom. The van der Waals surface area contributed by atoms with Gasteiger partial charge in [-0.05, 0) is 30.5 Å². The molecule has 1 aromatic carbocycles. The van der Waals surface area contributed by atoms with Crippen molar-refractivity contribution in [3.05, 3.63) is 75.0 Å². The van der Waals surface area contributed by atoms with E-state index < -0.39 is 4.92 Å².